The van der Waals surface area contributed by atoms with Gasteiger partial charge in [0.15, 0.2) is 0 Å². The highest BCUT2D eigenvalue weighted by Crippen LogP contribution is 2.29. The van der Waals surface area contributed by atoms with Crippen LogP contribution < -0.4 is 26.6 Å². The molecule has 91 heavy (non-hydrogen) atoms. The third-order valence-electron chi connectivity index (χ3n) is 18.3. The maximum atomic E-state index is 15.4. The molecule has 1 saturated carbocycles. The van der Waals surface area contributed by atoms with Gasteiger partial charge in [0.05, 0.1) is 24.5 Å². The summed E-state index contributed by atoms with van der Waals surface area (Å²) in [7, 11) is 9.98. The molecule has 518 valence electrons. The van der Waals surface area contributed by atoms with Crippen LogP contribution in [0.15, 0.2) is 4.99 Å². The molecular formula is C66H117N13O12. The van der Waals surface area contributed by atoms with Crippen LogP contribution in [0.2, 0.25) is 0 Å². The summed E-state index contributed by atoms with van der Waals surface area (Å²) in [6.45, 7) is 27.6. The van der Waals surface area contributed by atoms with Crippen molar-refractivity contribution in [1.82, 2.24) is 60.9 Å². The van der Waals surface area contributed by atoms with Gasteiger partial charge in [-0.3, -0.25) is 57.7 Å². The van der Waals surface area contributed by atoms with Gasteiger partial charge in [-0.05, 0) is 100 Å². The van der Waals surface area contributed by atoms with E-state index in [0.29, 0.717) is 5.84 Å². The van der Waals surface area contributed by atoms with Gasteiger partial charge >= 0.3 is 0 Å². The van der Waals surface area contributed by atoms with E-state index in [4.69, 9.17) is 4.99 Å². The van der Waals surface area contributed by atoms with E-state index >= 15 is 19.2 Å². The van der Waals surface area contributed by atoms with Gasteiger partial charge < -0.3 is 66.0 Å². The standard InChI is InChI=1S/C66H117N13O12/c1-24-44-62(87)73(17)34-52(80)74(18)47(29-35(2)3)59(84)72-53(39(10)11)65(90)75(19)48(30-36(4)5)58(83)67-42(15)57(82)68-43(16)61(86)76(20)49(31-37(6)7)63(88)77(21)50(32-38(8)9)64(89)78(22)54(40(12)13)66(91)79(23)55(60(85)71-44)56(81)41(14)33-51-69-45-27-25-26-28-46(45)70-51/h35-50,53-56,81H,24-34H2,1-23H3,(H,67,83)(H,68,82)(H,69,70)(H,71,85)(H,72,84)/t41-,42+,43-,44+,45+,46+,47+,48+,49+,50?,53+,54+,55+,56-/m1/s1. The number of hydrogen-bond acceptors (Lipinski definition) is 14. The van der Waals surface area contributed by atoms with E-state index in [2.05, 4.69) is 26.6 Å². The molecule has 0 aromatic rings. The van der Waals surface area contributed by atoms with Crippen LogP contribution in [0.25, 0.3) is 0 Å². The summed E-state index contributed by atoms with van der Waals surface area (Å²) in [6, 6.07) is -12.2. The van der Waals surface area contributed by atoms with E-state index < -0.39 is 156 Å². The van der Waals surface area contributed by atoms with Crippen molar-refractivity contribution in [2.24, 2.45) is 46.4 Å². The smallest absolute Gasteiger partial charge is 0.246 e. The Bertz CT molecular complexity index is 2580. The first-order chi connectivity index (χ1) is 42.2. The fourth-order valence-electron chi connectivity index (χ4n) is 12.6. The molecular weight excluding hydrogens is 1170 g/mol. The van der Waals surface area contributed by atoms with Crippen LogP contribution in [0, 0.1) is 41.4 Å². The molecule has 0 aromatic carbocycles. The summed E-state index contributed by atoms with van der Waals surface area (Å²) < 4.78 is 0. The summed E-state index contributed by atoms with van der Waals surface area (Å²) in [4.78, 5) is 175. The number of nitrogens with one attached hydrogen (secondary N) is 5. The number of fused-ring (bicyclic) bond motifs is 1. The second kappa shape index (κ2) is 35.0. The van der Waals surface area contributed by atoms with E-state index in [1.54, 1.807) is 41.5 Å². The second-order valence-corrected chi connectivity index (χ2v) is 28.7. The predicted molar refractivity (Wildman–Crippen MR) is 350 cm³/mol. The molecule has 3 rings (SSSR count). The van der Waals surface area contributed by atoms with E-state index in [9.17, 15) is 38.7 Å². The monoisotopic (exact) mass is 1280 g/mol. The number of carbonyl (C=O) groups excluding carboxylic acids is 11. The van der Waals surface area contributed by atoms with Crippen LogP contribution in [0.5, 0.6) is 0 Å². The van der Waals surface area contributed by atoms with Gasteiger partial charge in [0.1, 0.15) is 60.4 Å². The SMILES string of the molecule is CC[C@@H]1NC(=O)[C@H]([C@H](O)[C@H](C)CC2=N[C@H]3CCCC[C@@H]3N2)N(C)C(=O)[C@H](C(C)C)N(C)C(=O)C(CC(C)C)N(C)C(=O)[C@H](CC(C)C)N(C)C(=O)[C@@H](C)NC(=O)[C@H](C)NC(=O)[C@H](CC(C)C)N(C)C(=O)[C@H](C(C)C)NC(=O)[C@H](CC(C)C)N(C)C(=O)CN(C)C1=O. The average molecular weight is 1280 g/mol. The lowest BCUT2D eigenvalue weighted by atomic mass is 9.91. The van der Waals surface area contributed by atoms with Crippen molar-refractivity contribution in [2.45, 2.75) is 254 Å². The van der Waals surface area contributed by atoms with Crippen LogP contribution in [-0.4, -0.2) is 245 Å². The minimum absolute atomic E-state index is 0.0139. The zero-order valence-electron chi connectivity index (χ0n) is 59.3. The summed E-state index contributed by atoms with van der Waals surface area (Å²) in [6.07, 6.45) is 3.23. The van der Waals surface area contributed by atoms with Crippen LogP contribution in [0.4, 0.5) is 0 Å². The van der Waals surface area contributed by atoms with Gasteiger partial charge in [-0.2, -0.15) is 0 Å². The third-order valence-corrected chi connectivity index (χ3v) is 18.3. The van der Waals surface area contributed by atoms with Crippen molar-refractivity contribution in [2.75, 3.05) is 55.9 Å². The molecule has 25 heteroatoms. The van der Waals surface area contributed by atoms with E-state index in [1.807, 2.05) is 55.4 Å². The number of aliphatic hydroxyl groups is 1. The van der Waals surface area contributed by atoms with Crippen molar-refractivity contribution < 1.29 is 57.8 Å². The zero-order chi connectivity index (χ0) is 69.5. The Balaban J connectivity index is 2.30. The Kier molecular flexibility index (Phi) is 30.4. The molecule has 0 radical (unpaired) electrons. The summed E-state index contributed by atoms with van der Waals surface area (Å²) in [5.74, 6) is -9.18. The first-order valence-electron chi connectivity index (χ1n) is 33.3. The molecule has 25 nitrogen and oxygen atoms in total. The quantitative estimate of drug-likeness (QED) is 0.138. The number of rotatable bonds is 15. The van der Waals surface area contributed by atoms with Crippen LogP contribution in [0.3, 0.4) is 0 Å². The fourth-order valence-corrected chi connectivity index (χ4v) is 12.6. The molecule has 0 spiro atoms. The number of carbonyl (C=O) groups is 11. The first kappa shape index (κ1) is 78.8. The Hall–Kier alpha value is -6.40. The Morgan fingerprint density at radius 1 is 0.462 bits per heavy atom. The lowest BCUT2D eigenvalue weighted by Crippen LogP contribution is -2.63. The largest absolute Gasteiger partial charge is 0.390 e. The number of aliphatic imine (C=N–C) groups is 1. The maximum Gasteiger partial charge on any atom is 0.246 e. The highest BCUT2D eigenvalue weighted by Gasteiger charge is 2.46. The lowest BCUT2D eigenvalue weighted by Gasteiger charge is -2.41. The highest BCUT2D eigenvalue weighted by atomic mass is 16.3. The molecule has 2 aliphatic heterocycles. The molecule has 1 saturated heterocycles. The van der Waals surface area contributed by atoms with Gasteiger partial charge in [-0.1, -0.05) is 110 Å². The fraction of sp³-hybridized carbons (Fsp3) is 0.818. The molecule has 3 aliphatic rings. The molecule has 1 aliphatic carbocycles. The van der Waals surface area contributed by atoms with Crippen LogP contribution >= 0.6 is 0 Å². The maximum absolute atomic E-state index is 15.4. The molecule has 0 aromatic heterocycles. The molecule has 11 amide bonds. The minimum Gasteiger partial charge on any atom is -0.390 e. The van der Waals surface area contributed by atoms with Crippen molar-refractivity contribution in [3.63, 3.8) is 0 Å². The molecule has 1 unspecified atom stereocenters. The van der Waals surface area contributed by atoms with Crippen LogP contribution in [0.1, 0.15) is 175 Å². The van der Waals surface area contributed by atoms with Gasteiger partial charge in [0.2, 0.25) is 65.0 Å². The summed E-state index contributed by atoms with van der Waals surface area (Å²) >= 11 is 0. The molecule has 2 heterocycles. The van der Waals surface area contributed by atoms with E-state index in [0.717, 1.165) is 35.5 Å². The van der Waals surface area contributed by atoms with Crippen molar-refractivity contribution in [1.29, 1.82) is 0 Å². The number of likely N-dealkylation sites (N-methyl/N-ethyl adjacent to an activating group) is 7. The first-order valence-corrected chi connectivity index (χ1v) is 33.3. The molecule has 2 fully saturated rings. The number of hydrogen-bond donors (Lipinski definition) is 6. The lowest BCUT2D eigenvalue weighted by molar-refractivity contribution is -0.157. The Morgan fingerprint density at radius 3 is 1.41 bits per heavy atom. The number of amidine groups is 1. The Morgan fingerprint density at radius 2 is 0.912 bits per heavy atom. The van der Waals surface area contributed by atoms with E-state index in [-0.39, 0.29) is 74.3 Å². The van der Waals surface area contributed by atoms with Crippen LogP contribution in [-0.2, 0) is 52.7 Å². The number of amides is 11. The number of nitrogens with zero attached hydrogens (tertiary/aromatic N) is 8. The topological polar surface area (TPSA) is 303 Å². The highest BCUT2D eigenvalue weighted by molar-refractivity contribution is 5.99. The van der Waals surface area contributed by atoms with Gasteiger partial charge in [-0.15, -0.1) is 0 Å². The summed E-state index contributed by atoms with van der Waals surface area (Å²) in [5.41, 5.74) is 0. The van der Waals surface area contributed by atoms with Gasteiger partial charge in [0.25, 0.3) is 0 Å². The predicted octanol–water partition coefficient (Wildman–Crippen LogP) is 3.01. The zero-order valence-corrected chi connectivity index (χ0v) is 59.3. The molecule has 14 atom stereocenters. The average Bonchev–Trinajstić information content (AvgIpc) is 1.70. The third kappa shape index (κ3) is 21.1. The Labute approximate surface area is 543 Å². The normalized spacial score (nSPS) is 28.9. The minimum atomic E-state index is -1.65. The summed E-state index contributed by atoms with van der Waals surface area (Å²) in [5, 5.41) is 27.1. The molecule has 6 N–H and O–H groups in total. The molecule has 0 bridgehead atoms. The number of aliphatic hydroxyl groups excluding tert-OH is 1. The van der Waals surface area contributed by atoms with Crippen molar-refractivity contribution >= 4 is 70.8 Å². The van der Waals surface area contributed by atoms with Crippen molar-refractivity contribution in [3.8, 4) is 0 Å². The van der Waals surface area contributed by atoms with Gasteiger partial charge in [0, 0.05) is 61.8 Å². The second-order valence-electron chi connectivity index (χ2n) is 28.7. The van der Waals surface area contributed by atoms with Gasteiger partial charge in [-0.25, -0.2) is 0 Å². The van der Waals surface area contributed by atoms with Crippen molar-refractivity contribution in [3.05, 3.63) is 0 Å². The van der Waals surface area contributed by atoms with E-state index in [1.165, 1.54) is 87.7 Å².